The van der Waals surface area contributed by atoms with Gasteiger partial charge < -0.3 is 19.4 Å². The SMILES string of the molecule is CCCC(=O)N1CCN(c2ccc(N3C[C@H](C(=O)OC)CC3=O)cc2)CC1. The van der Waals surface area contributed by atoms with Crippen LogP contribution in [0.3, 0.4) is 0 Å². The highest BCUT2D eigenvalue weighted by Crippen LogP contribution is 2.28. The van der Waals surface area contributed by atoms with Crippen molar-refractivity contribution in [2.45, 2.75) is 26.2 Å². The first-order chi connectivity index (χ1) is 13.0. The fourth-order valence-electron chi connectivity index (χ4n) is 3.71. The van der Waals surface area contributed by atoms with E-state index in [1.807, 2.05) is 36.1 Å². The van der Waals surface area contributed by atoms with Crippen LogP contribution in [0.5, 0.6) is 0 Å². The molecule has 2 aliphatic rings. The third-order valence-electron chi connectivity index (χ3n) is 5.28. The predicted molar refractivity (Wildman–Crippen MR) is 103 cm³/mol. The molecule has 0 spiro atoms. The maximum atomic E-state index is 12.2. The summed E-state index contributed by atoms with van der Waals surface area (Å²) in [5.74, 6) is -0.546. The third-order valence-corrected chi connectivity index (χ3v) is 5.28. The number of amides is 2. The number of nitrogens with zero attached hydrogens (tertiary/aromatic N) is 3. The van der Waals surface area contributed by atoms with Gasteiger partial charge in [0.15, 0.2) is 0 Å². The van der Waals surface area contributed by atoms with Crippen LogP contribution in [0.25, 0.3) is 0 Å². The van der Waals surface area contributed by atoms with E-state index in [0.717, 1.165) is 44.0 Å². The van der Waals surface area contributed by atoms with E-state index in [-0.39, 0.29) is 24.2 Å². The van der Waals surface area contributed by atoms with Gasteiger partial charge in [-0.15, -0.1) is 0 Å². The minimum atomic E-state index is -0.393. The molecule has 0 radical (unpaired) electrons. The first-order valence-corrected chi connectivity index (χ1v) is 9.54. The van der Waals surface area contributed by atoms with Crippen molar-refractivity contribution < 1.29 is 19.1 Å². The maximum Gasteiger partial charge on any atom is 0.311 e. The lowest BCUT2D eigenvalue weighted by Crippen LogP contribution is -2.48. The van der Waals surface area contributed by atoms with Gasteiger partial charge in [-0.3, -0.25) is 14.4 Å². The molecule has 1 aromatic carbocycles. The minimum Gasteiger partial charge on any atom is -0.469 e. The predicted octanol–water partition coefficient (Wildman–Crippen LogP) is 1.66. The lowest BCUT2D eigenvalue weighted by atomic mass is 10.1. The van der Waals surface area contributed by atoms with Gasteiger partial charge >= 0.3 is 5.97 Å². The van der Waals surface area contributed by atoms with Crippen molar-refractivity contribution in [2.75, 3.05) is 49.6 Å². The van der Waals surface area contributed by atoms with Crippen molar-refractivity contribution in [3.05, 3.63) is 24.3 Å². The van der Waals surface area contributed by atoms with E-state index in [2.05, 4.69) is 4.90 Å². The van der Waals surface area contributed by atoms with Crippen LogP contribution >= 0.6 is 0 Å². The molecule has 146 valence electrons. The molecule has 2 aliphatic heterocycles. The number of benzene rings is 1. The van der Waals surface area contributed by atoms with Crippen LogP contribution in [-0.2, 0) is 19.1 Å². The Hall–Kier alpha value is -2.57. The molecule has 7 heteroatoms. The van der Waals surface area contributed by atoms with Crippen LogP contribution in [0.1, 0.15) is 26.2 Å². The van der Waals surface area contributed by atoms with Crippen molar-refractivity contribution in [3.8, 4) is 0 Å². The molecule has 2 saturated heterocycles. The van der Waals surface area contributed by atoms with Gasteiger partial charge in [0.2, 0.25) is 11.8 Å². The van der Waals surface area contributed by atoms with E-state index in [1.165, 1.54) is 7.11 Å². The standard InChI is InChI=1S/C20H27N3O4/c1-3-4-18(24)22-11-9-21(10-12-22)16-5-7-17(8-6-16)23-14-15(13-19(23)25)20(26)27-2/h5-8,15H,3-4,9-14H2,1-2H3/t15-/m1/s1. The fourth-order valence-corrected chi connectivity index (χ4v) is 3.71. The fraction of sp³-hybridized carbons (Fsp3) is 0.550. The van der Waals surface area contributed by atoms with Crippen LogP contribution < -0.4 is 9.80 Å². The average molecular weight is 373 g/mol. The summed E-state index contributed by atoms with van der Waals surface area (Å²) in [6.45, 7) is 5.49. The largest absolute Gasteiger partial charge is 0.469 e. The van der Waals surface area contributed by atoms with Gasteiger partial charge in [0.05, 0.1) is 13.0 Å². The Kier molecular flexibility index (Phi) is 5.98. The highest BCUT2D eigenvalue weighted by atomic mass is 16.5. The number of piperazine rings is 1. The second-order valence-electron chi connectivity index (χ2n) is 7.06. The smallest absolute Gasteiger partial charge is 0.311 e. The van der Waals surface area contributed by atoms with E-state index in [0.29, 0.717) is 13.0 Å². The maximum absolute atomic E-state index is 12.2. The molecule has 0 aromatic heterocycles. The number of hydrogen-bond acceptors (Lipinski definition) is 5. The number of ether oxygens (including phenoxy) is 1. The van der Waals surface area contributed by atoms with Gasteiger partial charge in [-0.25, -0.2) is 0 Å². The van der Waals surface area contributed by atoms with Crippen molar-refractivity contribution in [2.24, 2.45) is 5.92 Å². The Morgan fingerprint density at radius 2 is 1.70 bits per heavy atom. The lowest BCUT2D eigenvalue weighted by molar-refractivity contribution is -0.145. The molecule has 2 fully saturated rings. The summed E-state index contributed by atoms with van der Waals surface area (Å²) in [4.78, 5) is 41.7. The molecule has 1 aromatic rings. The summed E-state index contributed by atoms with van der Waals surface area (Å²) in [5.41, 5.74) is 1.88. The minimum absolute atomic E-state index is 0.0544. The van der Waals surface area contributed by atoms with Gasteiger partial charge in [0.1, 0.15) is 0 Å². The van der Waals surface area contributed by atoms with Crippen molar-refractivity contribution in [1.82, 2.24) is 4.90 Å². The molecule has 0 unspecified atom stereocenters. The molecule has 0 saturated carbocycles. The molecular weight excluding hydrogens is 346 g/mol. The number of rotatable bonds is 5. The Morgan fingerprint density at radius 1 is 1.07 bits per heavy atom. The van der Waals surface area contributed by atoms with Crippen LogP contribution in [0, 0.1) is 5.92 Å². The molecule has 27 heavy (non-hydrogen) atoms. The number of carbonyl (C=O) groups excluding carboxylic acids is 3. The topological polar surface area (TPSA) is 70.2 Å². The van der Waals surface area contributed by atoms with E-state index in [4.69, 9.17) is 4.74 Å². The van der Waals surface area contributed by atoms with Crippen LogP contribution in [0.4, 0.5) is 11.4 Å². The summed E-state index contributed by atoms with van der Waals surface area (Å²) in [6, 6.07) is 7.83. The molecule has 2 amide bonds. The Bertz CT molecular complexity index is 696. The molecule has 7 nitrogen and oxygen atoms in total. The van der Waals surface area contributed by atoms with E-state index in [1.54, 1.807) is 4.90 Å². The second kappa shape index (κ2) is 8.41. The van der Waals surface area contributed by atoms with Crippen molar-refractivity contribution >= 4 is 29.2 Å². The quantitative estimate of drug-likeness (QED) is 0.734. The number of esters is 1. The summed E-state index contributed by atoms with van der Waals surface area (Å²) in [6.07, 6.45) is 1.69. The average Bonchev–Trinajstić information content (AvgIpc) is 3.09. The first kappa shape index (κ1) is 19.2. The zero-order valence-corrected chi connectivity index (χ0v) is 16.0. The lowest BCUT2D eigenvalue weighted by Gasteiger charge is -2.36. The normalized spacial score (nSPS) is 20.1. The zero-order valence-electron chi connectivity index (χ0n) is 16.0. The summed E-state index contributed by atoms with van der Waals surface area (Å²) in [5, 5.41) is 0. The molecular formula is C20H27N3O4. The third kappa shape index (κ3) is 4.23. The number of anilines is 2. The van der Waals surface area contributed by atoms with Gasteiger partial charge in [-0.1, -0.05) is 6.92 Å². The van der Waals surface area contributed by atoms with Crippen molar-refractivity contribution in [1.29, 1.82) is 0 Å². The molecule has 0 N–H and O–H groups in total. The van der Waals surface area contributed by atoms with E-state index >= 15 is 0 Å². The number of hydrogen-bond donors (Lipinski definition) is 0. The summed E-state index contributed by atoms with van der Waals surface area (Å²) < 4.78 is 4.75. The molecule has 0 aliphatic carbocycles. The summed E-state index contributed by atoms with van der Waals surface area (Å²) in [7, 11) is 1.35. The Labute approximate surface area is 159 Å². The van der Waals surface area contributed by atoms with E-state index in [9.17, 15) is 14.4 Å². The van der Waals surface area contributed by atoms with Crippen LogP contribution in [0.2, 0.25) is 0 Å². The Balaban J connectivity index is 1.59. The highest BCUT2D eigenvalue weighted by molar-refractivity contribution is 5.99. The zero-order chi connectivity index (χ0) is 19.4. The number of carbonyl (C=O) groups is 3. The van der Waals surface area contributed by atoms with Gasteiger partial charge in [0.25, 0.3) is 0 Å². The molecule has 3 rings (SSSR count). The highest BCUT2D eigenvalue weighted by Gasteiger charge is 2.35. The Morgan fingerprint density at radius 3 is 2.30 bits per heavy atom. The van der Waals surface area contributed by atoms with Gasteiger partial charge in [0, 0.05) is 56.9 Å². The van der Waals surface area contributed by atoms with Crippen LogP contribution in [-0.4, -0.2) is 62.5 Å². The van der Waals surface area contributed by atoms with Gasteiger partial charge in [-0.05, 0) is 30.7 Å². The summed E-state index contributed by atoms with van der Waals surface area (Å²) >= 11 is 0. The molecule has 2 heterocycles. The van der Waals surface area contributed by atoms with E-state index < -0.39 is 5.92 Å². The first-order valence-electron chi connectivity index (χ1n) is 9.54. The van der Waals surface area contributed by atoms with Crippen molar-refractivity contribution in [3.63, 3.8) is 0 Å². The molecule has 1 atom stereocenters. The second-order valence-corrected chi connectivity index (χ2v) is 7.06. The van der Waals surface area contributed by atoms with Gasteiger partial charge in [-0.2, -0.15) is 0 Å². The number of methoxy groups -OCH3 is 1. The monoisotopic (exact) mass is 373 g/mol. The molecule has 0 bridgehead atoms. The van der Waals surface area contributed by atoms with Crippen LogP contribution in [0.15, 0.2) is 24.3 Å².